The lowest BCUT2D eigenvalue weighted by Gasteiger charge is -2.19. The second kappa shape index (κ2) is 6.73. The summed E-state index contributed by atoms with van der Waals surface area (Å²) in [6, 6.07) is 6.90. The molecule has 1 aromatic carbocycles. The van der Waals surface area contributed by atoms with Crippen LogP contribution in [0.3, 0.4) is 0 Å². The first kappa shape index (κ1) is 14.1. The van der Waals surface area contributed by atoms with E-state index in [0.717, 1.165) is 18.5 Å². The van der Waals surface area contributed by atoms with Crippen molar-refractivity contribution < 1.29 is 8.81 Å². The van der Waals surface area contributed by atoms with Gasteiger partial charge in [0.25, 0.3) is 0 Å². The van der Waals surface area contributed by atoms with Crippen LogP contribution in [0.1, 0.15) is 30.5 Å². The predicted octanol–water partition coefficient (Wildman–Crippen LogP) is 4.36. The monoisotopic (exact) mass is 281 g/mol. The Kier molecular flexibility index (Phi) is 5.00. The van der Waals surface area contributed by atoms with Gasteiger partial charge >= 0.3 is 0 Å². The molecule has 0 aliphatic heterocycles. The van der Waals surface area contributed by atoms with Crippen LogP contribution in [0.15, 0.2) is 41.2 Å². The fourth-order valence-corrected chi connectivity index (χ4v) is 2.23. The Morgan fingerprint density at radius 3 is 2.89 bits per heavy atom. The van der Waals surface area contributed by atoms with E-state index in [2.05, 4.69) is 12.2 Å². The molecule has 2 nitrogen and oxygen atoms in total. The van der Waals surface area contributed by atoms with E-state index in [1.165, 1.54) is 0 Å². The Balaban J connectivity index is 2.23. The molecule has 102 valence electrons. The fraction of sp³-hybridized carbons (Fsp3) is 0.333. The Labute approximate surface area is 117 Å². The van der Waals surface area contributed by atoms with E-state index < -0.39 is 0 Å². The van der Waals surface area contributed by atoms with Gasteiger partial charge < -0.3 is 9.73 Å². The number of furan rings is 1. The van der Waals surface area contributed by atoms with Gasteiger partial charge in [-0.2, -0.15) is 0 Å². The number of benzene rings is 1. The Hall–Kier alpha value is -1.32. The second-order valence-corrected chi connectivity index (χ2v) is 4.89. The van der Waals surface area contributed by atoms with E-state index in [0.29, 0.717) is 12.0 Å². The minimum Gasteiger partial charge on any atom is -0.472 e. The molecule has 0 bridgehead atoms. The number of hydrogen-bond acceptors (Lipinski definition) is 2. The summed E-state index contributed by atoms with van der Waals surface area (Å²) < 4.78 is 19.2. The van der Waals surface area contributed by atoms with Gasteiger partial charge in [-0.05, 0) is 37.1 Å². The molecule has 1 N–H and O–H groups in total. The molecular weight excluding hydrogens is 265 g/mol. The van der Waals surface area contributed by atoms with Crippen LogP contribution in [0.25, 0.3) is 0 Å². The summed E-state index contributed by atoms with van der Waals surface area (Å²) in [6.07, 6.45) is 4.97. The highest BCUT2D eigenvalue weighted by molar-refractivity contribution is 6.30. The largest absolute Gasteiger partial charge is 0.472 e. The van der Waals surface area contributed by atoms with Gasteiger partial charge in [-0.15, -0.1) is 0 Å². The highest BCUT2D eigenvalue weighted by Gasteiger charge is 2.17. The summed E-state index contributed by atoms with van der Waals surface area (Å²) in [4.78, 5) is 0. The topological polar surface area (TPSA) is 25.2 Å². The van der Waals surface area contributed by atoms with Crippen LogP contribution in [0.4, 0.5) is 4.39 Å². The van der Waals surface area contributed by atoms with Crippen molar-refractivity contribution in [3.8, 4) is 0 Å². The molecule has 0 saturated carbocycles. The summed E-state index contributed by atoms with van der Waals surface area (Å²) in [7, 11) is 0. The second-order valence-electron chi connectivity index (χ2n) is 4.49. The first-order chi connectivity index (χ1) is 9.22. The van der Waals surface area contributed by atoms with Gasteiger partial charge in [-0.25, -0.2) is 4.39 Å². The Morgan fingerprint density at radius 1 is 1.37 bits per heavy atom. The van der Waals surface area contributed by atoms with Crippen molar-refractivity contribution >= 4 is 11.6 Å². The lowest BCUT2D eigenvalue weighted by atomic mass is 9.99. The van der Waals surface area contributed by atoms with E-state index in [1.54, 1.807) is 30.7 Å². The maximum absolute atomic E-state index is 14.1. The van der Waals surface area contributed by atoms with Crippen molar-refractivity contribution in [2.75, 3.05) is 6.54 Å². The molecule has 0 fully saturated rings. The first-order valence-electron chi connectivity index (χ1n) is 6.40. The van der Waals surface area contributed by atoms with E-state index in [9.17, 15) is 4.39 Å². The highest BCUT2D eigenvalue weighted by Crippen LogP contribution is 2.26. The molecule has 1 unspecified atom stereocenters. The Morgan fingerprint density at radius 2 is 2.21 bits per heavy atom. The molecule has 0 aliphatic rings. The smallest absolute Gasteiger partial charge is 0.146 e. The van der Waals surface area contributed by atoms with Gasteiger partial charge in [0.2, 0.25) is 0 Å². The third kappa shape index (κ3) is 3.58. The molecule has 1 atom stereocenters. The molecular formula is C15H17ClFNO. The molecule has 1 heterocycles. The van der Waals surface area contributed by atoms with Crippen molar-refractivity contribution in [3.05, 3.63) is 58.8 Å². The van der Waals surface area contributed by atoms with Crippen molar-refractivity contribution in [2.45, 2.75) is 25.8 Å². The van der Waals surface area contributed by atoms with Crippen molar-refractivity contribution in [2.24, 2.45) is 0 Å². The van der Waals surface area contributed by atoms with Crippen LogP contribution < -0.4 is 5.32 Å². The number of halogens is 2. The van der Waals surface area contributed by atoms with Crippen LogP contribution >= 0.6 is 11.6 Å². The zero-order valence-electron chi connectivity index (χ0n) is 10.8. The summed E-state index contributed by atoms with van der Waals surface area (Å²) in [5.41, 5.74) is 1.63. The molecule has 4 heteroatoms. The van der Waals surface area contributed by atoms with Gasteiger partial charge in [0.1, 0.15) is 5.82 Å². The van der Waals surface area contributed by atoms with Crippen LogP contribution in [-0.2, 0) is 6.42 Å². The number of hydrogen-bond donors (Lipinski definition) is 1. The van der Waals surface area contributed by atoms with E-state index in [4.69, 9.17) is 16.0 Å². The zero-order chi connectivity index (χ0) is 13.7. The van der Waals surface area contributed by atoms with E-state index in [1.807, 2.05) is 6.07 Å². The predicted molar refractivity (Wildman–Crippen MR) is 74.9 cm³/mol. The quantitative estimate of drug-likeness (QED) is 0.851. The van der Waals surface area contributed by atoms with Gasteiger partial charge in [-0.3, -0.25) is 0 Å². The highest BCUT2D eigenvalue weighted by atomic mass is 35.5. The minimum atomic E-state index is -0.346. The van der Waals surface area contributed by atoms with Crippen LogP contribution in [0.5, 0.6) is 0 Å². The average molecular weight is 282 g/mol. The van der Waals surface area contributed by atoms with Gasteiger partial charge in [0, 0.05) is 11.6 Å². The average Bonchev–Trinajstić information content (AvgIpc) is 2.91. The molecule has 2 rings (SSSR count). The van der Waals surface area contributed by atoms with Crippen LogP contribution in [0, 0.1) is 5.82 Å². The van der Waals surface area contributed by atoms with Crippen LogP contribution in [0.2, 0.25) is 5.02 Å². The third-order valence-corrected chi connectivity index (χ3v) is 3.31. The standard InChI is InChI=1S/C15H17ClFNO/c1-2-7-18-14(9-11-6-8-19-10-11)12-4-3-5-13(16)15(12)17/h3-6,8,10,14,18H,2,7,9H2,1H3. The molecule has 0 amide bonds. The molecule has 1 aromatic heterocycles. The van der Waals surface area contributed by atoms with Crippen molar-refractivity contribution in [1.29, 1.82) is 0 Å². The minimum absolute atomic E-state index is 0.101. The van der Waals surface area contributed by atoms with E-state index in [-0.39, 0.29) is 16.9 Å². The summed E-state index contributed by atoms with van der Waals surface area (Å²) in [6.45, 7) is 2.91. The molecule has 2 aromatic rings. The number of nitrogens with one attached hydrogen (secondary N) is 1. The molecule has 19 heavy (non-hydrogen) atoms. The molecule has 0 aliphatic carbocycles. The fourth-order valence-electron chi connectivity index (χ4n) is 2.04. The summed E-state index contributed by atoms with van der Waals surface area (Å²) >= 11 is 5.85. The lowest BCUT2D eigenvalue weighted by Crippen LogP contribution is -2.25. The maximum atomic E-state index is 14.1. The number of rotatable bonds is 6. The third-order valence-electron chi connectivity index (χ3n) is 3.02. The summed E-state index contributed by atoms with van der Waals surface area (Å²) in [5.74, 6) is -0.346. The van der Waals surface area contributed by atoms with Gasteiger partial charge in [-0.1, -0.05) is 30.7 Å². The molecule has 0 spiro atoms. The SMILES string of the molecule is CCCNC(Cc1ccoc1)c1cccc(Cl)c1F. The van der Waals surface area contributed by atoms with Crippen LogP contribution in [-0.4, -0.2) is 6.54 Å². The zero-order valence-corrected chi connectivity index (χ0v) is 11.6. The van der Waals surface area contributed by atoms with Crippen molar-refractivity contribution in [3.63, 3.8) is 0 Å². The Bertz CT molecular complexity index is 513. The first-order valence-corrected chi connectivity index (χ1v) is 6.78. The normalized spacial score (nSPS) is 12.6. The maximum Gasteiger partial charge on any atom is 0.146 e. The lowest BCUT2D eigenvalue weighted by molar-refractivity contribution is 0.493. The van der Waals surface area contributed by atoms with Gasteiger partial charge in [0.05, 0.1) is 17.5 Å². The molecule has 0 saturated heterocycles. The molecule has 0 radical (unpaired) electrons. The van der Waals surface area contributed by atoms with Gasteiger partial charge in [0.15, 0.2) is 0 Å². The van der Waals surface area contributed by atoms with E-state index >= 15 is 0 Å². The summed E-state index contributed by atoms with van der Waals surface area (Å²) in [5, 5.41) is 3.51. The van der Waals surface area contributed by atoms with Crippen molar-refractivity contribution in [1.82, 2.24) is 5.32 Å².